The molecule has 0 radical (unpaired) electrons. The number of anilines is 1. The Labute approximate surface area is 167 Å². The zero-order valence-electron chi connectivity index (χ0n) is 15.1. The van der Waals surface area contributed by atoms with Gasteiger partial charge in [0.05, 0.1) is 5.69 Å². The molecule has 1 aliphatic heterocycles. The number of rotatable bonds is 5. The Bertz CT molecular complexity index is 1010. The van der Waals surface area contributed by atoms with Gasteiger partial charge in [-0.2, -0.15) is 0 Å². The van der Waals surface area contributed by atoms with Crippen molar-refractivity contribution in [1.82, 2.24) is 5.32 Å². The van der Waals surface area contributed by atoms with E-state index in [4.69, 9.17) is 16.3 Å². The van der Waals surface area contributed by atoms with Gasteiger partial charge >= 0.3 is 6.03 Å². The predicted octanol–water partition coefficient (Wildman–Crippen LogP) is 3.88. The highest BCUT2D eigenvalue weighted by atomic mass is 35.5. The van der Waals surface area contributed by atoms with E-state index in [-0.39, 0.29) is 12.2 Å². The van der Waals surface area contributed by atoms with Crippen LogP contribution in [-0.4, -0.2) is 24.5 Å². The number of urea groups is 1. The molecule has 2 aromatic rings. The first kappa shape index (κ1) is 19.4. The van der Waals surface area contributed by atoms with Crippen LogP contribution >= 0.6 is 11.6 Å². The summed E-state index contributed by atoms with van der Waals surface area (Å²) in [4.78, 5) is 38.5. The Kier molecular flexibility index (Phi) is 5.61. The molecular formula is C21H17ClN2O4. The van der Waals surface area contributed by atoms with E-state index >= 15 is 0 Å². The second-order valence-electron chi connectivity index (χ2n) is 6.08. The fraction of sp³-hybridized carbons (Fsp3) is 0.0952. The lowest BCUT2D eigenvalue weighted by atomic mass is 10.1. The van der Waals surface area contributed by atoms with Gasteiger partial charge in [-0.05, 0) is 48.9 Å². The van der Waals surface area contributed by atoms with Gasteiger partial charge in [0.25, 0.3) is 11.8 Å². The highest BCUT2D eigenvalue weighted by Gasteiger charge is 2.37. The van der Waals surface area contributed by atoms with Crippen LogP contribution in [0.1, 0.15) is 11.1 Å². The van der Waals surface area contributed by atoms with E-state index < -0.39 is 17.8 Å². The van der Waals surface area contributed by atoms with Crippen LogP contribution in [0.25, 0.3) is 6.08 Å². The van der Waals surface area contributed by atoms with Gasteiger partial charge in [0, 0.05) is 10.6 Å². The van der Waals surface area contributed by atoms with Crippen molar-refractivity contribution < 1.29 is 19.1 Å². The molecule has 1 fully saturated rings. The molecule has 142 valence electrons. The smallest absolute Gasteiger partial charge is 0.335 e. The number of hydrogen-bond acceptors (Lipinski definition) is 4. The predicted molar refractivity (Wildman–Crippen MR) is 107 cm³/mol. The van der Waals surface area contributed by atoms with Gasteiger partial charge < -0.3 is 4.74 Å². The fourth-order valence-electron chi connectivity index (χ4n) is 2.73. The molecular weight excluding hydrogens is 380 g/mol. The van der Waals surface area contributed by atoms with Crippen molar-refractivity contribution in [3.8, 4) is 5.75 Å². The average Bonchev–Trinajstić information content (AvgIpc) is 2.64. The summed E-state index contributed by atoms with van der Waals surface area (Å²) in [6.07, 6.45) is 2.93. The highest BCUT2D eigenvalue weighted by Crippen LogP contribution is 2.28. The van der Waals surface area contributed by atoms with Gasteiger partial charge in [0.2, 0.25) is 0 Å². The largest absolute Gasteiger partial charge is 0.489 e. The Morgan fingerprint density at radius 3 is 2.68 bits per heavy atom. The van der Waals surface area contributed by atoms with Gasteiger partial charge in [-0.3, -0.25) is 14.9 Å². The second-order valence-corrected chi connectivity index (χ2v) is 6.52. The molecule has 0 bridgehead atoms. The minimum atomic E-state index is -0.799. The molecule has 1 heterocycles. The number of carbonyl (C=O) groups is 3. The van der Waals surface area contributed by atoms with Crippen LogP contribution in [0.15, 0.2) is 60.7 Å². The maximum Gasteiger partial charge on any atom is 0.335 e. The highest BCUT2D eigenvalue weighted by molar-refractivity contribution is 6.39. The molecule has 6 nitrogen and oxygen atoms in total. The molecule has 28 heavy (non-hydrogen) atoms. The molecule has 3 rings (SSSR count). The third kappa shape index (κ3) is 3.97. The van der Waals surface area contributed by atoms with E-state index in [1.54, 1.807) is 42.5 Å². The Hall–Kier alpha value is -3.38. The van der Waals surface area contributed by atoms with Gasteiger partial charge in [0.1, 0.15) is 17.9 Å². The molecule has 0 aliphatic carbocycles. The molecule has 2 aromatic carbocycles. The van der Waals surface area contributed by atoms with Crippen LogP contribution in [0.2, 0.25) is 5.02 Å². The lowest BCUT2D eigenvalue weighted by molar-refractivity contribution is -0.122. The van der Waals surface area contributed by atoms with Crippen LogP contribution in [0, 0.1) is 6.92 Å². The van der Waals surface area contributed by atoms with E-state index in [0.717, 1.165) is 10.5 Å². The maximum absolute atomic E-state index is 13.0. The number of aryl methyl sites for hydroxylation is 1. The summed E-state index contributed by atoms with van der Waals surface area (Å²) in [5, 5.41) is 2.60. The fourth-order valence-corrected chi connectivity index (χ4v) is 2.91. The molecule has 7 heteroatoms. The summed E-state index contributed by atoms with van der Waals surface area (Å²) >= 11 is 6.05. The van der Waals surface area contributed by atoms with Crippen LogP contribution in [0.3, 0.4) is 0 Å². The van der Waals surface area contributed by atoms with E-state index in [1.165, 1.54) is 6.08 Å². The van der Waals surface area contributed by atoms with Gasteiger partial charge in [-0.25, -0.2) is 9.69 Å². The number of halogens is 1. The number of hydrogen-bond donors (Lipinski definition) is 1. The molecule has 1 saturated heterocycles. The molecule has 4 amide bonds. The number of amides is 4. The normalized spacial score (nSPS) is 15.6. The van der Waals surface area contributed by atoms with Crippen molar-refractivity contribution in [2.75, 3.05) is 11.5 Å². The quantitative estimate of drug-likeness (QED) is 0.472. The number of ether oxygens (including phenoxy) is 1. The summed E-state index contributed by atoms with van der Waals surface area (Å²) in [7, 11) is 0. The monoisotopic (exact) mass is 396 g/mol. The van der Waals surface area contributed by atoms with E-state index in [9.17, 15) is 14.4 Å². The molecule has 1 N–H and O–H groups in total. The van der Waals surface area contributed by atoms with Crippen LogP contribution in [-0.2, 0) is 9.59 Å². The number of carbonyl (C=O) groups excluding carboxylic acids is 3. The first-order chi connectivity index (χ1) is 13.4. The Balaban J connectivity index is 2.04. The molecule has 0 unspecified atom stereocenters. The van der Waals surface area contributed by atoms with Crippen molar-refractivity contribution in [1.29, 1.82) is 0 Å². The summed E-state index contributed by atoms with van der Waals surface area (Å²) in [5.41, 5.74) is 1.48. The summed E-state index contributed by atoms with van der Waals surface area (Å²) in [6, 6.07) is 10.9. The van der Waals surface area contributed by atoms with E-state index in [2.05, 4.69) is 11.9 Å². The molecule has 1 aliphatic rings. The second kappa shape index (κ2) is 8.10. The zero-order valence-corrected chi connectivity index (χ0v) is 15.8. The van der Waals surface area contributed by atoms with Gasteiger partial charge in [-0.15, -0.1) is 0 Å². The van der Waals surface area contributed by atoms with E-state index in [1.807, 2.05) is 13.0 Å². The molecule has 0 atom stereocenters. The molecule has 0 saturated carbocycles. The van der Waals surface area contributed by atoms with Crippen LogP contribution in [0.4, 0.5) is 10.5 Å². The summed E-state index contributed by atoms with van der Waals surface area (Å²) in [5.74, 6) is -1.08. The van der Waals surface area contributed by atoms with Crippen LogP contribution < -0.4 is 15.0 Å². The Morgan fingerprint density at radius 2 is 1.96 bits per heavy atom. The van der Waals surface area contributed by atoms with E-state index in [0.29, 0.717) is 22.0 Å². The van der Waals surface area contributed by atoms with Crippen molar-refractivity contribution in [2.24, 2.45) is 0 Å². The Morgan fingerprint density at radius 1 is 1.18 bits per heavy atom. The lowest BCUT2D eigenvalue weighted by Crippen LogP contribution is -2.54. The molecule has 0 aromatic heterocycles. The van der Waals surface area contributed by atoms with Crippen molar-refractivity contribution in [2.45, 2.75) is 6.92 Å². The SMILES string of the molecule is C=CCOc1ccc(Cl)cc1/C=C1\C(=O)NC(=O)N(c2cccc(C)c2)C1=O. The summed E-state index contributed by atoms with van der Waals surface area (Å²) in [6.45, 7) is 5.67. The topological polar surface area (TPSA) is 75.7 Å². The number of nitrogens with one attached hydrogen (secondary N) is 1. The average molecular weight is 397 g/mol. The summed E-state index contributed by atoms with van der Waals surface area (Å²) < 4.78 is 5.56. The minimum absolute atomic E-state index is 0.202. The lowest BCUT2D eigenvalue weighted by Gasteiger charge is -2.26. The number of benzene rings is 2. The van der Waals surface area contributed by atoms with Gasteiger partial charge in [0.15, 0.2) is 0 Å². The number of nitrogens with zero attached hydrogens (tertiary/aromatic N) is 1. The van der Waals surface area contributed by atoms with Gasteiger partial charge in [-0.1, -0.05) is 36.4 Å². The standard InChI is InChI=1S/C21H17ClN2O4/c1-3-9-28-18-8-7-15(22)11-14(18)12-17-19(25)23-21(27)24(20(17)26)16-6-4-5-13(2)10-16/h3-8,10-12H,1,9H2,2H3,(H,23,25,27)/b17-12+. The first-order valence-electron chi connectivity index (χ1n) is 8.42. The number of barbiturate groups is 1. The van der Waals surface area contributed by atoms with Crippen LogP contribution in [0.5, 0.6) is 5.75 Å². The third-order valence-corrected chi connectivity index (χ3v) is 4.22. The third-order valence-electron chi connectivity index (χ3n) is 3.99. The zero-order chi connectivity index (χ0) is 20.3. The van der Waals surface area contributed by atoms with Crippen molar-refractivity contribution in [3.05, 3.63) is 76.8 Å². The molecule has 0 spiro atoms. The van der Waals surface area contributed by atoms with Crippen molar-refractivity contribution in [3.63, 3.8) is 0 Å². The number of imide groups is 2. The minimum Gasteiger partial charge on any atom is -0.489 e. The van der Waals surface area contributed by atoms with Crippen molar-refractivity contribution >= 4 is 41.2 Å². The first-order valence-corrected chi connectivity index (χ1v) is 8.80. The maximum atomic E-state index is 13.0.